The summed E-state index contributed by atoms with van der Waals surface area (Å²) in [6, 6.07) is 14.0. The topological polar surface area (TPSA) is 61.8 Å². The fourth-order valence-corrected chi connectivity index (χ4v) is 4.72. The fraction of sp³-hybridized carbons (Fsp3) is 0.409. The van der Waals surface area contributed by atoms with Crippen LogP contribution in [-0.2, 0) is 19.4 Å². The van der Waals surface area contributed by atoms with E-state index in [1.165, 1.54) is 29.5 Å². The standard InChI is InChI=1S/C22H26N2O3/c1-27-20-5-3-2-4-18(20)14-24-11-10-22(15-24)9-8-16-6-7-17(21(25)23-26)12-19(16)13-22/h2-7,12,26H,8-11,13-15H2,1H3,(H,23,25). The highest BCUT2D eigenvalue weighted by Gasteiger charge is 2.40. The third kappa shape index (κ3) is 3.57. The second kappa shape index (κ2) is 7.33. The molecule has 142 valence electrons. The van der Waals surface area contributed by atoms with E-state index in [0.29, 0.717) is 5.56 Å². The number of benzene rings is 2. The molecule has 1 spiro atoms. The molecule has 5 nitrogen and oxygen atoms in total. The minimum atomic E-state index is -0.443. The van der Waals surface area contributed by atoms with Gasteiger partial charge in [-0.05, 0) is 67.0 Å². The van der Waals surface area contributed by atoms with Crippen molar-refractivity contribution in [2.45, 2.75) is 32.2 Å². The maximum atomic E-state index is 11.7. The zero-order valence-corrected chi connectivity index (χ0v) is 15.7. The normalized spacial score (nSPS) is 21.9. The minimum Gasteiger partial charge on any atom is -0.496 e. The van der Waals surface area contributed by atoms with Crippen molar-refractivity contribution in [2.75, 3.05) is 20.2 Å². The lowest BCUT2D eigenvalue weighted by Crippen LogP contribution is -2.33. The summed E-state index contributed by atoms with van der Waals surface area (Å²) < 4.78 is 5.50. The summed E-state index contributed by atoms with van der Waals surface area (Å²) in [6.45, 7) is 3.07. The third-order valence-electron chi connectivity index (χ3n) is 6.16. The number of aryl methyl sites for hydroxylation is 1. The van der Waals surface area contributed by atoms with Crippen LogP contribution in [-0.4, -0.2) is 36.2 Å². The monoisotopic (exact) mass is 366 g/mol. The summed E-state index contributed by atoms with van der Waals surface area (Å²) in [5.74, 6) is 0.508. The Bertz CT molecular complexity index is 851. The Morgan fingerprint density at radius 2 is 2.07 bits per heavy atom. The molecule has 0 saturated carbocycles. The molecule has 0 radical (unpaired) electrons. The lowest BCUT2D eigenvalue weighted by Gasteiger charge is -2.35. The number of likely N-dealkylation sites (tertiary alicyclic amines) is 1. The second-order valence-electron chi connectivity index (χ2n) is 7.87. The van der Waals surface area contributed by atoms with E-state index < -0.39 is 5.91 Å². The zero-order chi connectivity index (χ0) is 18.9. The molecule has 1 atom stereocenters. The van der Waals surface area contributed by atoms with Crippen molar-refractivity contribution in [3.8, 4) is 5.75 Å². The summed E-state index contributed by atoms with van der Waals surface area (Å²) in [6.07, 6.45) is 4.42. The van der Waals surface area contributed by atoms with Gasteiger partial charge < -0.3 is 4.74 Å². The smallest absolute Gasteiger partial charge is 0.274 e. The summed E-state index contributed by atoms with van der Waals surface area (Å²) >= 11 is 0. The number of amides is 1. The Hall–Kier alpha value is -2.37. The first kappa shape index (κ1) is 18.0. The first-order valence-electron chi connectivity index (χ1n) is 9.53. The van der Waals surface area contributed by atoms with E-state index in [2.05, 4.69) is 17.0 Å². The molecule has 1 fully saturated rings. The molecule has 0 bridgehead atoms. The average Bonchev–Trinajstić information content (AvgIpc) is 3.08. The van der Waals surface area contributed by atoms with E-state index in [9.17, 15) is 4.79 Å². The van der Waals surface area contributed by atoms with Crippen LogP contribution in [0.5, 0.6) is 5.75 Å². The molecule has 2 aliphatic rings. The number of hydrogen-bond acceptors (Lipinski definition) is 4. The van der Waals surface area contributed by atoms with Crippen LogP contribution < -0.4 is 10.2 Å². The molecule has 1 heterocycles. The number of hydroxylamine groups is 1. The average molecular weight is 366 g/mol. The highest BCUT2D eigenvalue weighted by molar-refractivity contribution is 5.93. The molecule has 1 aliphatic carbocycles. The predicted octanol–water partition coefficient (Wildman–Crippen LogP) is 3.20. The Labute approximate surface area is 159 Å². The van der Waals surface area contributed by atoms with Crippen molar-refractivity contribution in [3.63, 3.8) is 0 Å². The Kier molecular flexibility index (Phi) is 4.89. The van der Waals surface area contributed by atoms with Crippen molar-refractivity contribution < 1.29 is 14.7 Å². The summed E-state index contributed by atoms with van der Waals surface area (Å²) in [7, 11) is 1.72. The highest BCUT2D eigenvalue weighted by Crippen LogP contribution is 2.43. The number of carbonyl (C=O) groups is 1. The molecular weight excluding hydrogens is 340 g/mol. The molecule has 1 saturated heterocycles. The molecular formula is C22H26N2O3. The van der Waals surface area contributed by atoms with Crippen LogP contribution in [0.1, 0.15) is 39.9 Å². The highest BCUT2D eigenvalue weighted by atomic mass is 16.5. The van der Waals surface area contributed by atoms with Gasteiger partial charge in [0.25, 0.3) is 5.91 Å². The number of para-hydroxylation sites is 1. The van der Waals surface area contributed by atoms with Gasteiger partial charge in [-0.2, -0.15) is 0 Å². The van der Waals surface area contributed by atoms with E-state index in [-0.39, 0.29) is 5.41 Å². The van der Waals surface area contributed by atoms with Crippen LogP contribution >= 0.6 is 0 Å². The fourth-order valence-electron chi connectivity index (χ4n) is 4.72. The zero-order valence-electron chi connectivity index (χ0n) is 15.7. The molecule has 2 aromatic rings. The Balaban J connectivity index is 1.49. The van der Waals surface area contributed by atoms with Crippen molar-refractivity contribution in [1.29, 1.82) is 0 Å². The van der Waals surface area contributed by atoms with Crippen molar-refractivity contribution in [3.05, 3.63) is 64.7 Å². The summed E-state index contributed by atoms with van der Waals surface area (Å²) in [5.41, 5.74) is 6.36. The van der Waals surface area contributed by atoms with Crippen LogP contribution in [0.4, 0.5) is 0 Å². The third-order valence-corrected chi connectivity index (χ3v) is 6.16. The van der Waals surface area contributed by atoms with Crippen LogP contribution in [0.2, 0.25) is 0 Å². The molecule has 1 amide bonds. The first-order valence-corrected chi connectivity index (χ1v) is 9.53. The van der Waals surface area contributed by atoms with E-state index in [1.807, 2.05) is 24.3 Å². The molecule has 4 rings (SSSR count). The number of nitrogens with one attached hydrogen (secondary N) is 1. The minimum absolute atomic E-state index is 0.281. The van der Waals surface area contributed by atoms with Gasteiger partial charge in [-0.25, -0.2) is 5.48 Å². The SMILES string of the molecule is COc1ccccc1CN1CCC2(CCc3ccc(C(=O)NO)cc3C2)C1. The molecule has 2 N–H and O–H groups in total. The molecule has 5 heteroatoms. The summed E-state index contributed by atoms with van der Waals surface area (Å²) in [4.78, 5) is 14.3. The van der Waals surface area contributed by atoms with Gasteiger partial charge in [0.15, 0.2) is 0 Å². The van der Waals surface area contributed by atoms with Crippen LogP contribution in [0, 0.1) is 5.41 Å². The maximum Gasteiger partial charge on any atom is 0.274 e. The van der Waals surface area contributed by atoms with E-state index in [0.717, 1.165) is 38.2 Å². The number of ether oxygens (including phenoxy) is 1. The van der Waals surface area contributed by atoms with Crippen LogP contribution in [0.25, 0.3) is 0 Å². The molecule has 1 aliphatic heterocycles. The van der Waals surface area contributed by atoms with Crippen molar-refractivity contribution in [2.24, 2.45) is 5.41 Å². The van der Waals surface area contributed by atoms with Gasteiger partial charge in [-0.15, -0.1) is 0 Å². The molecule has 0 aromatic heterocycles. The largest absolute Gasteiger partial charge is 0.496 e. The lowest BCUT2D eigenvalue weighted by atomic mass is 9.71. The van der Waals surface area contributed by atoms with E-state index in [1.54, 1.807) is 18.7 Å². The van der Waals surface area contributed by atoms with Gasteiger partial charge in [-0.1, -0.05) is 24.3 Å². The van der Waals surface area contributed by atoms with Crippen LogP contribution in [0.3, 0.4) is 0 Å². The summed E-state index contributed by atoms with van der Waals surface area (Å²) in [5, 5.41) is 8.90. The van der Waals surface area contributed by atoms with E-state index >= 15 is 0 Å². The number of hydrogen-bond donors (Lipinski definition) is 2. The van der Waals surface area contributed by atoms with Crippen LogP contribution in [0.15, 0.2) is 42.5 Å². The molecule has 1 unspecified atom stereocenters. The van der Waals surface area contributed by atoms with Gasteiger partial charge in [0.2, 0.25) is 0 Å². The van der Waals surface area contributed by atoms with Gasteiger partial charge in [0, 0.05) is 24.2 Å². The Morgan fingerprint density at radius 3 is 2.89 bits per heavy atom. The quantitative estimate of drug-likeness (QED) is 0.644. The number of nitrogens with zero attached hydrogens (tertiary/aromatic N) is 1. The predicted molar refractivity (Wildman–Crippen MR) is 103 cm³/mol. The van der Waals surface area contributed by atoms with E-state index in [4.69, 9.17) is 9.94 Å². The van der Waals surface area contributed by atoms with Crippen molar-refractivity contribution >= 4 is 5.91 Å². The van der Waals surface area contributed by atoms with Gasteiger partial charge in [-0.3, -0.25) is 14.9 Å². The maximum absolute atomic E-state index is 11.7. The molecule has 2 aromatic carbocycles. The second-order valence-corrected chi connectivity index (χ2v) is 7.87. The Morgan fingerprint density at radius 1 is 1.22 bits per heavy atom. The van der Waals surface area contributed by atoms with Crippen molar-refractivity contribution in [1.82, 2.24) is 10.4 Å². The van der Waals surface area contributed by atoms with Gasteiger partial charge in [0.05, 0.1) is 7.11 Å². The van der Waals surface area contributed by atoms with Gasteiger partial charge in [0.1, 0.15) is 5.75 Å². The number of rotatable bonds is 4. The van der Waals surface area contributed by atoms with Gasteiger partial charge >= 0.3 is 0 Å². The molecule has 27 heavy (non-hydrogen) atoms. The number of carbonyl (C=O) groups excluding carboxylic acids is 1. The first-order chi connectivity index (χ1) is 13.1. The lowest BCUT2D eigenvalue weighted by molar-refractivity contribution is 0.0706. The number of methoxy groups -OCH3 is 1. The number of fused-ring (bicyclic) bond motifs is 1.